The molecule has 0 bridgehead atoms. The van der Waals surface area contributed by atoms with E-state index < -0.39 is 37.1 Å². The number of allylic oxidation sites excluding steroid dienone is 4. The highest BCUT2D eigenvalue weighted by Gasteiger charge is 2.45. The Morgan fingerprint density at radius 3 is 1.25 bits per heavy atom. The third kappa shape index (κ3) is 7.28. The van der Waals surface area contributed by atoms with Gasteiger partial charge in [0.1, 0.15) is 0 Å². The summed E-state index contributed by atoms with van der Waals surface area (Å²) in [6, 6.07) is 0. The van der Waals surface area contributed by atoms with Gasteiger partial charge in [0, 0.05) is 0 Å². The van der Waals surface area contributed by atoms with Crippen LogP contribution in [0.5, 0.6) is 0 Å². The second kappa shape index (κ2) is 12.1. The normalized spacial score (nSPS) is 31.8. The van der Waals surface area contributed by atoms with Crippen molar-refractivity contribution in [2.75, 3.05) is 0 Å². The van der Waals surface area contributed by atoms with Crippen LogP contribution < -0.4 is 0 Å². The zero-order valence-corrected chi connectivity index (χ0v) is 20.3. The minimum atomic E-state index is -2.61. The van der Waals surface area contributed by atoms with E-state index in [2.05, 4.69) is 74.8 Å². The van der Waals surface area contributed by atoms with Crippen molar-refractivity contribution >= 4 is 37.1 Å². The summed E-state index contributed by atoms with van der Waals surface area (Å²) in [4.78, 5) is 0. The molecule has 0 N–H and O–H groups in total. The van der Waals surface area contributed by atoms with E-state index >= 15 is 0 Å². The first-order valence-electron chi connectivity index (χ1n) is 8.92. The highest BCUT2D eigenvalue weighted by molar-refractivity contribution is 6.93. The molecule has 0 atom stereocenters. The molecule has 0 aromatic heterocycles. The molecule has 1 aliphatic rings. The van der Waals surface area contributed by atoms with Crippen LogP contribution >= 0.6 is 0 Å². The molecule has 0 spiro atoms. The first-order chi connectivity index (χ1) is 11.7. The summed E-state index contributed by atoms with van der Waals surface area (Å²) in [5.74, 6) is 0. The van der Waals surface area contributed by atoms with Crippen molar-refractivity contribution in [3.8, 4) is 0 Å². The van der Waals surface area contributed by atoms with Crippen LogP contribution in [0.1, 0.15) is 53.4 Å². The minimum Gasteiger partial charge on any atom is -0.425 e. The molecule has 1 rings (SSSR count). The predicted molar refractivity (Wildman–Crippen MR) is 111 cm³/mol. The van der Waals surface area contributed by atoms with Gasteiger partial charge in [0.2, 0.25) is 0 Å². The van der Waals surface area contributed by atoms with E-state index in [0.29, 0.717) is 0 Å². The van der Waals surface area contributed by atoms with E-state index in [-0.39, 0.29) is 0 Å². The van der Waals surface area contributed by atoms with Crippen LogP contribution in [0.3, 0.4) is 0 Å². The molecule has 0 aromatic carbocycles. The Labute approximate surface area is 154 Å². The van der Waals surface area contributed by atoms with Gasteiger partial charge in [-0.3, -0.25) is 0 Å². The summed E-state index contributed by atoms with van der Waals surface area (Å²) in [5, 5.41) is 0. The highest BCUT2D eigenvalue weighted by Crippen LogP contribution is 2.24. The molecule has 1 heterocycles. The monoisotopic (exact) mass is 400 g/mol. The van der Waals surface area contributed by atoms with Gasteiger partial charge >= 0.3 is 17.1 Å². The average molecular weight is 401 g/mol. The molecule has 0 aliphatic carbocycles. The summed E-state index contributed by atoms with van der Waals surface area (Å²) in [6.07, 6.45) is 12.4. The molecule has 0 aromatic rings. The van der Waals surface area contributed by atoms with Gasteiger partial charge in [0.05, 0.1) is 0 Å². The molecule has 0 radical (unpaired) electrons. The standard InChI is InChI=1S/C16H32O4Si4/c1-5-9-13-23(14-10-6-2)18-21-17-22-19-24(20-23,15-11-7-3)16-12-8-4/h9-16H,5-8,21-22H2,1-4H3. The lowest BCUT2D eigenvalue weighted by atomic mass is 10.5. The second-order valence-electron chi connectivity index (χ2n) is 5.52. The van der Waals surface area contributed by atoms with Gasteiger partial charge in [0.25, 0.3) is 20.0 Å². The molecule has 4 nitrogen and oxygen atoms in total. The Kier molecular flexibility index (Phi) is 10.9. The molecule has 0 unspecified atom stereocenters. The van der Waals surface area contributed by atoms with Gasteiger partial charge in [-0.15, -0.1) is 0 Å². The van der Waals surface area contributed by atoms with E-state index in [4.69, 9.17) is 16.5 Å². The summed E-state index contributed by atoms with van der Waals surface area (Å²) < 4.78 is 25.1. The lowest BCUT2D eigenvalue weighted by molar-refractivity contribution is 0.300. The molecule has 1 aliphatic heterocycles. The molecule has 1 fully saturated rings. The predicted octanol–water partition coefficient (Wildman–Crippen LogP) is 2.97. The molecule has 8 heteroatoms. The summed E-state index contributed by atoms with van der Waals surface area (Å²) in [5.41, 5.74) is 8.58. The molecular formula is C16H32O4Si4. The van der Waals surface area contributed by atoms with Gasteiger partial charge in [0.15, 0.2) is 0 Å². The van der Waals surface area contributed by atoms with Crippen LogP contribution in [-0.2, 0) is 16.5 Å². The largest absolute Gasteiger partial charge is 0.425 e. The van der Waals surface area contributed by atoms with Crippen LogP contribution in [-0.4, -0.2) is 37.1 Å². The fourth-order valence-corrected chi connectivity index (χ4v) is 14.7. The van der Waals surface area contributed by atoms with Gasteiger partial charge in [-0.25, -0.2) is 0 Å². The van der Waals surface area contributed by atoms with E-state index in [1.165, 1.54) is 0 Å². The number of hydrogen-bond acceptors (Lipinski definition) is 4. The maximum absolute atomic E-state index is 6.75. The fourth-order valence-electron chi connectivity index (χ4n) is 2.18. The van der Waals surface area contributed by atoms with Crippen molar-refractivity contribution in [2.24, 2.45) is 0 Å². The van der Waals surface area contributed by atoms with E-state index in [1.54, 1.807) is 0 Å². The zero-order valence-electron chi connectivity index (χ0n) is 15.5. The van der Waals surface area contributed by atoms with E-state index in [1.807, 2.05) is 0 Å². The second-order valence-corrected chi connectivity index (χ2v) is 15.0. The first kappa shape index (κ1) is 21.7. The van der Waals surface area contributed by atoms with Crippen molar-refractivity contribution in [2.45, 2.75) is 53.4 Å². The molecule has 0 amide bonds. The fraction of sp³-hybridized carbons (Fsp3) is 0.500. The third-order valence-electron chi connectivity index (χ3n) is 3.40. The smallest absolute Gasteiger partial charge is 0.373 e. The van der Waals surface area contributed by atoms with Crippen molar-refractivity contribution in [3.05, 3.63) is 47.1 Å². The van der Waals surface area contributed by atoms with Gasteiger partial charge < -0.3 is 16.5 Å². The molecule has 0 saturated carbocycles. The van der Waals surface area contributed by atoms with E-state index in [0.717, 1.165) is 25.7 Å². The van der Waals surface area contributed by atoms with Crippen molar-refractivity contribution in [3.63, 3.8) is 0 Å². The van der Waals surface area contributed by atoms with Crippen LogP contribution in [0.4, 0.5) is 0 Å². The minimum absolute atomic E-state index is 0.962. The average Bonchev–Trinajstić information content (AvgIpc) is 2.58. The van der Waals surface area contributed by atoms with Crippen LogP contribution in [0.2, 0.25) is 0 Å². The summed E-state index contributed by atoms with van der Waals surface area (Å²) >= 11 is 0. The molecule has 1 saturated heterocycles. The number of rotatable bonds is 8. The Hall–Kier alpha value is -0.332. The molecule has 136 valence electrons. The third-order valence-corrected chi connectivity index (χ3v) is 14.6. The lowest BCUT2D eigenvalue weighted by Crippen LogP contribution is -2.55. The van der Waals surface area contributed by atoms with Crippen LogP contribution in [0.25, 0.3) is 0 Å². The van der Waals surface area contributed by atoms with Crippen molar-refractivity contribution in [1.82, 2.24) is 0 Å². The molecule has 24 heavy (non-hydrogen) atoms. The Bertz CT molecular complexity index is 395. The first-order valence-corrected chi connectivity index (χ1v) is 15.2. The van der Waals surface area contributed by atoms with Crippen molar-refractivity contribution < 1.29 is 16.5 Å². The Morgan fingerprint density at radius 1 is 0.625 bits per heavy atom. The quantitative estimate of drug-likeness (QED) is 0.587. The topological polar surface area (TPSA) is 36.9 Å². The Morgan fingerprint density at radius 2 is 0.958 bits per heavy atom. The highest BCUT2D eigenvalue weighted by atomic mass is 28.5. The maximum Gasteiger partial charge on any atom is 0.373 e. The number of hydrogen-bond donors (Lipinski definition) is 0. The van der Waals surface area contributed by atoms with Crippen LogP contribution in [0.15, 0.2) is 47.1 Å². The maximum atomic E-state index is 6.75. The Balaban J connectivity index is 3.28. The summed E-state index contributed by atoms with van der Waals surface area (Å²) in [7, 11) is -7.32. The SMILES string of the molecule is CCC=C[Si]1(C=CCC)O[SiH2]O[SiH2]O[Si](C=CCC)(C=CCC)O1. The van der Waals surface area contributed by atoms with E-state index in [9.17, 15) is 0 Å². The molecular weight excluding hydrogens is 369 g/mol. The summed E-state index contributed by atoms with van der Waals surface area (Å²) in [6.45, 7) is 8.50. The zero-order chi connectivity index (χ0) is 17.7. The van der Waals surface area contributed by atoms with Gasteiger partial charge in [-0.1, -0.05) is 52.0 Å². The van der Waals surface area contributed by atoms with Crippen LogP contribution in [0, 0.1) is 0 Å². The van der Waals surface area contributed by atoms with Gasteiger partial charge in [-0.2, -0.15) is 0 Å². The lowest BCUT2D eigenvalue weighted by Gasteiger charge is -2.37. The van der Waals surface area contributed by atoms with Crippen molar-refractivity contribution in [1.29, 1.82) is 0 Å². The van der Waals surface area contributed by atoms with Gasteiger partial charge in [-0.05, 0) is 48.5 Å².